The minimum Gasteiger partial charge on any atom is -0.479 e. The average molecular weight is 415 g/mol. The summed E-state index contributed by atoms with van der Waals surface area (Å²) in [6.45, 7) is 3.80. The number of benzene rings is 3. The second kappa shape index (κ2) is 7.65. The highest BCUT2D eigenvalue weighted by atomic mass is 19.1. The van der Waals surface area contributed by atoms with Gasteiger partial charge in [0.15, 0.2) is 5.54 Å². The molecule has 0 radical (unpaired) electrons. The highest BCUT2D eigenvalue weighted by Gasteiger charge is 2.59. The molecule has 0 fully saturated rings. The van der Waals surface area contributed by atoms with Crippen LogP contribution in [0.25, 0.3) is 0 Å². The first-order chi connectivity index (χ1) is 14.9. The van der Waals surface area contributed by atoms with E-state index in [9.17, 15) is 23.9 Å². The van der Waals surface area contributed by atoms with Gasteiger partial charge in [0.1, 0.15) is 5.82 Å². The van der Waals surface area contributed by atoms with Crippen molar-refractivity contribution in [2.75, 3.05) is 0 Å². The molecule has 0 aromatic heterocycles. The van der Waals surface area contributed by atoms with Crippen molar-refractivity contribution in [2.24, 2.45) is 0 Å². The predicted octanol–water partition coefficient (Wildman–Crippen LogP) is 4.37. The molecule has 2 atom stereocenters. The Morgan fingerprint density at radius 1 is 0.903 bits per heavy atom. The molecule has 1 aliphatic rings. The molecule has 31 heavy (non-hydrogen) atoms. The number of halogens is 1. The Kier molecular flexibility index (Phi) is 4.99. The predicted molar refractivity (Wildman–Crippen MR) is 112 cm³/mol. The van der Waals surface area contributed by atoms with Crippen LogP contribution in [0.3, 0.4) is 0 Å². The fourth-order valence-electron chi connectivity index (χ4n) is 4.22. The minimum atomic E-state index is -2.13. The highest BCUT2D eigenvalue weighted by Crippen LogP contribution is 2.46. The monoisotopic (exact) mass is 415 g/mol. The Labute approximate surface area is 178 Å². The summed E-state index contributed by atoms with van der Waals surface area (Å²) >= 11 is 0. The van der Waals surface area contributed by atoms with Crippen molar-refractivity contribution >= 4 is 17.8 Å². The Hall–Kier alpha value is -4.06. The average Bonchev–Trinajstić information content (AvgIpc) is 3.04. The van der Waals surface area contributed by atoms with Gasteiger partial charge in [-0.05, 0) is 35.4 Å². The summed E-state index contributed by atoms with van der Waals surface area (Å²) in [4.78, 5) is 40.6. The van der Waals surface area contributed by atoms with Gasteiger partial charge in [0.2, 0.25) is 0 Å². The van der Waals surface area contributed by atoms with Crippen LogP contribution in [-0.4, -0.2) is 27.8 Å². The molecule has 3 aromatic carbocycles. The molecule has 4 rings (SSSR count). The zero-order valence-corrected chi connectivity index (χ0v) is 16.4. The summed E-state index contributed by atoms with van der Waals surface area (Å²) in [5, 5.41) is 10.6. The molecule has 154 valence electrons. The zero-order valence-electron chi connectivity index (χ0n) is 16.4. The lowest BCUT2D eigenvalue weighted by atomic mass is 9.73. The minimum absolute atomic E-state index is 0.135. The molecular weight excluding hydrogens is 397 g/mol. The first-order valence-corrected chi connectivity index (χ1v) is 9.57. The smallest absolute Gasteiger partial charge is 0.335 e. The van der Waals surface area contributed by atoms with E-state index < -0.39 is 35.1 Å². The number of imide groups is 1. The van der Waals surface area contributed by atoms with E-state index in [1.54, 1.807) is 42.5 Å². The number of nitrogens with zero attached hydrogens (tertiary/aromatic N) is 1. The first-order valence-electron chi connectivity index (χ1n) is 9.57. The number of carbonyl (C=O) groups excluding carboxylic acids is 2. The number of hydrogen-bond donors (Lipinski definition) is 1. The van der Waals surface area contributed by atoms with Crippen LogP contribution < -0.4 is 0 Å². The lowest BCUT2D eigenvalue weighted by molar-refractivity contribution is -0.150. The molecule has 0 spiro atoms. The first kappa shape index (κ1) is 20.2. The van der Waals surface area contributed by atoms with E-state index in [-0.39, 0.29) is 16.7 Å². The van der Waals surface area contributed by atoms with Crippen molar-refractivity contribution in [3.05, 3.63) is 120 Å². The van der Waals surface area contributed by atoms with Crippen LogP contribution in [0.1, 0.15) is 37.8 Å². The van der Waals surface area contributed by atoms with Crippen molar-refractivity contribution in [1.82, 2.24) is 4.90 Å². The lowest BCUT2D eigenvalue weighted by Gasteiger charge is -2.42. The normalized spacial score (nSPS) is 15.8. The maximum atomic E-state index is 13.6. The number of carboxylic acid groups (broad SMARTS) is 1. The number of fused-ring (bicyclic) bond motifs is 1. The van der Waals surface area contributed by atoms with Crippen molar-refractivity contribution in [2.45, 2.75) is 11.5 Å². The largest absolute Gasteiger partial charge is 0.479 e. The van der Waals surface area contributed by atoms with Crippen molar-refractivity contribution in [1.29, 1.82) is 0 Å². The highest BCUT2D eigenvalue weighted by molar-refractivity contribution is 6.23. The second-order valence-corrected chi connectivity index (χ2v) is 7.19. The zero-order chi connectivity index (χ0) is 22.2. The Bertz CT molecular complexity index is 1150. The number of carbonyl (C=O) groups is 3. The second-order valence-electron chi connectivity index (χ2n) is 7.19. The van der Waals surface area contributed by atoms with Gasteiger partial charge in [-0.1, -0.05) is 60.7 Å². The van der Waals surface area contributed by atoms with Crippen molar-refractivity contribution in [3.8, 4) is 0 Å². The molecule has 1 heterocycles. The van der Waals surface area contributed by atoms with Crippen LogP contribution in [0.5, 0.6) is 0 Å². The molecule has 0 unspecified atom stereocenters. The van der Waals surface area contributed by atoms with Crippen LogP contribution in [0, 0.1) is 5.82 Å². The van der Waals surface area contributed by atoms with Gasteiger partial charge in [-0.25, -0.2) is 9.18 Å². The van der Waals surface area contributed by atoms with Crippen molar-refractivity contribution in [3.63, 3.8) is 0 Å². The SMILES string of the molecule is C=C[C@H](c1ccc(F)cc1)[C@@](C(=O)O)(c1ccccc1)N1C(=O)c2ccccc2C1=O. The van der Waals surface area contributed by atoms with E-state index in [1.165, 1.54) is 42.5 Å². The molecular formula is C25H18FNO4. The fraction of sp³-hybridized carbons (Fsp3) is 0.0800. The molecule has 3 aromatic rings. The van der Waals surface area contributed by atoms with Crippen LogP contribution in [-0.2, 0) is 10.3 Å². The number of hydrogen-bond acceptors (Lipinski definition) is 3. The Morgan fingerprint density at radius 3 is 1.90 bits per heavy atom. The van der Waals surface area contributed by atoms with Gasteiger partial charge in [0.05, 0.1) is 11.1 Å². The third-order valence-electron chi connectivity index (χ3n) is 5.60. The fourth-order valence-corrected chi connectivity index (χ4v) is 4.22. The molecule has 0 bridgehead atoms. The summed E-state index contributed by atoms with van der Waals surface area (Å²) < 4.78 is 13.6. The quantitative estimate of drug-likeness (QED) is 0.479. The number of amides is 2. The van der Waals surface area contributed by atoms with E-state index in [2.05, 4.69) is 6.58 Å². The topological polar surface area (TPSA) is 74.7 Å². The van der Waals surface area contributed by atoms with Gasteiger partial charge in [-0.3, -0.25) is 14.5 Å². The molecule has 0 saturated heterocycles. The van der Waals surface area contributed by atoms with E-state index >= 15 is 0 Å². The number of rotatable bonds is 6. The molecule has 6 heteroatoms. The van der Waals surface area contributed by atoms with Crippen LogP contribution >= 0.6 is 0 Å². The molecule has 1 aliphatic heterocycles. The van der Waals surface area contributed by atoms with Gasteiger partial charge < -0.3 is 5.11 Å². The van der Waals surface area contributed by atoms with E-state index in [0.29, 0.717) is 5.56 Å². The molecule has 1 N–H and O–H groups in total. The third-order valence-corrected chi connectivity index (χ3v) is 5.60. The summed E-state index contributed by atoms with van der Waals surface area (Å²) in [7, 11) is 0. The van der Waals surface area contributed by atoms with E-state index in [0.717, 1.165) is 4.90 Å². The van der Waals surface area contributed by atoms with E-state index in [4.69, 9.17) is 0 Å². The van der Waals surface area contributed by atoms with Crippen LogP contribution in [0.15, 0.2) is 91.5 Å². The maximum Gasteiger partial charge on any atom is 0.335 e. The van der Waals surface area contributed by atoms with Gasteiger partial charge in [-0.15, -0.1) is 6.58 Å². The Morgan fingerprint density at radius 2 is 1.42 bits per heavy atom. The summed E-state index contributed by atoms with van der Waals surface area (Å²) in [5.74, 6) is -4.35. The summed E-state index contributed by atoms with van der Waals surface area (Å²) in [5.41, 5.74) is -1.23. The number of aliphatic carboxylic acids is 1. The van der Waals surface area contributed by atoms with Crippen LogP contribution in [0.4, 0.5) is 4.39 Å². The molecule has 2 amide bonds. The Balaban J connectivity index is 2.04. The molecule has 5 nitrogen and oxygen atoms in total. The van der Waals surface area contributed by atoms with E-state index in [1.807, 2.05) is 0 Å². The van der Waals surface area contributed by atoms with Crippen LogP contribution in [0.2, 0.25) is 0 Å². The summed E-state index contributed by atoms with van der Waals surface area (Å²) in [6.07, 6.45) is 1.37. The lowest BCUT2D eigenvalue weighted by Crippen LogP contribution is -2.57. The molecule has 0 aliphatic carbocycles. The van der Waals surface area contributed by atoms with Gasteiger partial charge >= 0.3 is 5.97 Å². The third kappa shape index (κ3) is 2.95. The maximum absolute atomic E-state index is 13.6. The van der Waals surface area contributed by atoms with Gasteiger partial charge in [-0.2, -0.15) is 0 Å². The summed E-state index contributed by atoms with van der Waals surface area (Å²) in [6, 6.07) is 19.6. The number of carboxylic acids is 1. The molecule has 0 saturated carbocycles. The van der Waals surface area contributed by atoms with Gasteiger partial charge in [0, 0.05) is 5.92 Å². The van der Waals surface area contributed by atoms with Gasteiger partial charge in [0.25, 0.3) is 11.8 Å². The standard InChI is InChI=1S/C25H18FNO4/c1-2-21(16-12-14-18(26)15-13-16)25(24(30)31,17-8-4-3-5-9-17)27-22(28)19-10-6-7-11-20(19)23(27)29/h2-15,21H,1H2,(H,30,31)/t21-,25-/m1/s1. The van der Waals surface area contributed by atoms with Crippen molar-refractivity contribution < 1.29 is 23.9 Å².